The fourth-order valence-electron chi connectivity index (χ4n) is 1.92. The van der Waals surface area contributed by atoms with Crippen molar-refractivity contribution in [3.05, 3.63) is 32.1 Å². The standard InChI is InChI=1S/C11H12IN5OS/c12-6-3-8(13-4-6)10(18)14-5-9-15-16-11(19)17(9)7-1-2-7/h3-4,7,13H,1-2,5H2,(H,14,18)(H,16,19). The SMILES string of the molecule is O=C(NCc1n[nH]c(=S)n1C1CC1)c1cc(I)c[nH]1. The molecule has 2 aromatic heterocycles. The largest absolute Gasteiger partial charge is 0.356 e. The first-order valence-corrected chi connectivity index (χ1v) is 7.42. The molecule has 2 aromatic rings. The van der Waals surface area contributed by atoms with E-state index in [-0.39, 0.29) is 5.91 Å². The van der Waals surface area contributed by atoms with Crippen molar-refractivity contribution in [1.29, 1.82) is 0 Å². The lowest BCUT2D eigenvalue weighted by Gasteiger charge is -2.05. The first kappa shape index (κ1) is 12.9. The zero-order valence-electron chi connectivity index (χ0n) is 9.94. The number of nitrogens with one attached hydrogen (secondary N) is 3. The molecule has 2 heterocycles. The molecule has 100 valence electrons. The Morgan fingerprint density at radius 3 is 3.05 bits per heavy atom. The molecule has 0 atom stereocenters. The number of amides is 1. The Kier molecular flexibility index (Phi) is 3.44. The van der Waals surface area contributed by atoms with Crippen LogP contribution in [0.2, 0.25) is 0 Å². The summed E-state index contributed by atoms with van der Waals surface area (Å²) in [5.74, 6) is 0.640. The summed E-state index contributed by atoms with van der Waals surface area (Å²) >= 11 is 7.34. The van der Waals surface area contributed by atoms with Gasteiger partial charge in [-0.25, -0.2) is 0 Å². The molecule has 0 aliphatic heterocycles. The van der Waals surface area contributed by atoms with Crippen LogP contribution in [0, 0.1) is 8.34 Å². The van der Waals surface area contributed by atoms with Gasteiger partial charge < -0.3 is 10.3 Å². The van der Waals surface area contributed by atoms with Crippen LogP contribution >= 0.6 is 34.8 Å². The van der Waals surface area contributed by atoms with Crippen molar-refractivity contribution in [2.24, 2.45) is 0 Å². The first-order chi connectivity index (χ1) is 9.15. The fourth-order valence-corrected chi connectivity index (χ4v) is 2.69. The maximum atomic E-state index is 11.9. The van der Waals surface area contributed by atoms with E-state index in [1.807, 2.05) is 4.57 Å². The summed E-state index contributed by atoms with van der Waals surface area (Å²) in [6.45, 7) is 0.373. The molecule has 0 bridgehead atoms. The van der Waals surface area contributed by atoms with Gasteiger partial charge in [-0.15, -0.1) is 0 Å². The van der Waals surface area contributed by atoms with E-state index in [2.05, 4.69) is 43.1 Å². The number of halogens is 1. The molecule has 3 N–H and O–H groups in total. The summed E-state index contributed by atoms with van der Waals surface area (Å²) < 4.78 is 3.62. The average Bonchev–Trinajstić information content (AvgIpc) is 3.02. The molecular weight excluding hydrogens is 377 g/mol. The van der Waals surface area contributed by atoms with E-state index in [0.29, 0.717) is 23.1 Å². The van der Waals surface area contributed by atoms with Crippen LogP contribution in [0.4, 0.5) is 0 Å². The lowest BCUT2D eigenvalue weighted by Crippen LogP contribution is -2.25. The minimum Gasteiger partial charge on any atom is -0.356 e. The number of aromatic nitrogens is 4. The van der Waals surface area contributed by atoms with E-state index in [1.54, 1.807) is 12.3 Å². The lowest BCUT2D eigenvalue weighted by molar-refractivity contribution is 0.0945. The van der Waals surface area contributed by atoms with Crippen molar-refractivity contribution in [2.75, 3.05) is 0 Å². The number of nitrogens with zero attached hydrogens (tertiary/aromatic N) is 2. The van der Waals surface area contributed by atoms with E-state index < -0.39 is 0 Å². The van der Waals surface area contributed by atoms with E-state index >= 15 is 0 Å². The number of hydrogen-bond donors (Lipinski definition) is 3. The summed E-state index contributed by atoms with van der Waals surface area (Å²) in [7, 11) is 0. The van der Waals surface area contributed by atoms with Crippen LogP contribution in [0.25, 0.3) is 0 Å². The first-order valence-electron chi connectivity index (χ1n) is 5.93. The minimum absolute atomic E-state index is 0.140. The van der Waals surface area contributed by atoms with Crippen molar-refractivity contribution in [2.45, 2.75) is 25.4 Å². The number of H-pyrrole nitrogens is 2. The third kappa shape index (κ3) is 2.73. The fraction of sp³-hybridized carbons (Fsp3) is 0.364. The molecule has 1 aliphatic carbocycles. The maximum Gasteiger partial charge on any atom is 0.268 e. The Hall–Kier alpha value is -1.16. The molecule has 0 radical (unpaired) electrons. The summed E-state index contributed by atoms with van der Waals surface area (Å²) in [5.41, 5.74) is 0.552. The highest BCUT2D eigenvalue weighted by Crippen LogP contribution is 2.35. The molecule has 8 heteroatoms. The third-order valence-corrected chi connectivity index (χ3v) is 3.90. The van der Waals surface area contributed by atoms with Gasteiger partial charge >= 0.3 is 0 Å². The average molecular weight is 389 g/mol. The third-order valence-electron chi connectivity index (χ3n) is 2.99. The summed E-state index contributed by atoms with van der Waals surface area (Å²) in [5, 5.41) is 9.79. The molecule has 1 amide bonds. The molecule has 1 fully saturated rings. The molecule has 0 spiro atoms. The Bertz CT molecular complexity index is 669. The monoisotopic (exact) mass is 389 g/mol. The molecule has 1 saturated carbocycles. The Balaban J connectivity index is 1.69. The number of aromatic amines is 2. The number of rotatable bonds is 4. The minimum atomic E-state index is -0.140. The molecule has 1 aliphatic rings. The highest BCUT2D eigenvalue weighted by Gasteiger charge is 2.27. The molecule has 3 rings (SSSR count). The Morgan fingerprint density at radius 1 is 1.63 bits per heavy atom. The van der Waals surface area contributed by atoms with Gasteiger partial charge in [0.2, 0.25) is 0 Å². The number of carbonyl (C=O) groups is 1. The molecule has 19 heavy (non-hydrogen) atoms. The predicted molar refractivity (Wildman–Crippen MR) is 80.4 cm³/mol. The Morgan fingerprint density at radius 2 is 2.42 bits per heavy atom. The van der Waals surface area contributed by atoms with E-state index in [0.717, 1.165) is 22.2 Å². The van der Waals surface area contributed by atoms with Crippen molar-refractivity contribution in [1.82, 2.24) is 25.1 Å². The van der Waals surface area contributed by atoms with Gasteiger partial charge in [0.15, 0.2) is 10.6 Å². The molecule has 0 aromatic carbocycles. The zero-order chi connectivity index (χ0) is 13.4. The van der Waals surface area contributed by atoms with Crippen molar-refractivity contribution in [3.8, 4) is 0 Å². The van der Waals surface area contributed by atoms with E-state index in [9.17, 15) is 4.79 Å². The van der Waals surface area contributed by atoms with Gasteiger partial charge in [-0.3, -0.25) is 14.5 Å². The van der Waals surface area contributed by atoms with Gasteiger partial charge in [0.1, 0.15) is 5.69 Å². The van der Waals surface area contributed by atoms with E-state index in [1.165, 1.54) is 0 Å². The van der Waals surface area contributed by atoms with Crippen LogP contribution in [-0.4, -0.2) is 25.7 Å². The topological polar surface area (TPSA) is 78.5 Å². The van der Waals surface area contributed by atoms with Gasteiger partial charge in [0.05, 0.1) is 6.54 Å². The predicted octanol–water partition coefficient (Wildman–Crippen LogP) is 2.14. The number of carbonyl (C=O) groups excluding carboxylic acids is 1. The second-order valence-electron chi connectivity index (χ2n) is 4.46. The van der Waals surface area contributed by atoms with E-state index in [4.69, 9.17) is 12.2 Å². The van der Waals surface area contributed by atoms with Crippen molar-refractivity contribution < 1.29 is 4.79 Å². The summed E-state index contributed by atoms with van der Waals surface area (Å²) in [6, 6.07) is 2.25. The smallest absolute Gasteiger partial charge is 0.268 e. The van der Waals surface area contributed by atoms with Crippen LogP contribution in [0.5, 0.6) is 0 Å². The molecule has 0 unspecified atom stereocenters. The molecule has 0 saturated heterocycles. The molecule has 6 nitrogen and oxygen atoms in total. The highest BCUT2D eigenvalue weighted by atomic mass is 127. The second-order valence-corrected chi connectivity index (χ2v) is 6.09. The van der Waals surface area contributed by atoms with Crippen LogP contribution in [-0.2, 0) is 6.54 Å². The van der Waals surface area contributed by atoms with Crippen molar-refractivity contribution >= 4 is 40.7 Å². The maximum absolute atomic E-state index is 11.9. The summed E-state index contributed by atoms with van der Waals surface area (Å²) in [6.07, 6.45) is 4.04. The van der Waals surface area contributed by atoms with Gasteiger partial charge in [-0.2, -0.15) is 5.10 Å². The Labute approximate surface area is 128 Å². The lowest BCUT2D eigenvalue weighted by atomic mass is 10.4. The highest BCUT2D eigenvalue weighted by molar-refractivity contribution is 14.1. The molecular formula is C11H12IN5OS. The van der Waals surface area contributed by atoms with Gasteiger partial charge in [-0.1, -0.05) is 0 Å². The quantitative estimate of drug-likeness (QED) is 0.554. The van der Waals surface area contributed by atoms with Crippen LogP contribution in [0.3, 0.4) is 0 Å². The second kappa shape index (κ2) is 5.08. The van der Waals surface area contributed by atoms with Gasteiger partial charge in [0.25, 0.3) is 5.91 Å². The van der Waals surface area contributed by atoms with Crippen LogP contribution in [0.1, 0.15) is 35.2 Å². The van der Waals surface area contributed by atoms with Crippen molar-refractivity contribution in [3.63, 3.8) is 0 Å². The zero-order valence-corrected chi connectivity index (χ0v) is 12.9. The number of hydrogen-bond acceptors (Lipinski definition) is 3. The van der Waals surface area contributed by atoms with Gasteiger partial charge in [-0.05, 0) is 53.7 Å². The summed E-state index contributed by atoms with van der Waals surface area (Å²) in [4.78, 5) is 14.8. The van der Waals surface area contributed by atoms with Crippen LogP contribution < -0.4 is 5.32 Å². The van der Waals surface area contributed by atoms with Crippen LogP contribution in [0.15, 0.2) is 12.3 Å². The normalized spacial score (nSPS) is 14.6. The van der Waals surface area contributed by atoms with Gasteiger partial charge in [0, 0.05) is 15.8 Å².